The van der Waals surface area contributed by atoms with Gasteiger partial charge in [0.1, 0.15) is 17.6 Å². The summed E-state index contributed by atoms with van der Waals surface area (Å²) in [5.74, 6) is 1.30. The van der Waals surface area contributed by atoms with Crippen LogP contribution >= 0.6 is 11.8 Å². The van der Waals surface area contributed by atoms with Crippen LogP contribution in [0.2, 0.25) is 0 Å². The quantitative estimate of drug-likeness (QED) is 0.442. The SMILES string of the molecule is Cc1ccc([C@H]2Nn3c(COc4ccccc4)nnc3S[C@H]2C(=O)Nc2ccccc2)cc1. The van der Waals surface area contributed by atoms with Gasteiger partial charge >= 0.3 is 0 Å². The molecule has 7 nitrogen and oxygen atoms in total. The van der Waals surface area contributed by atoms with Crippen LogP contribution in [0.3, 0.4) is 0 Å². The molecular weight excluding hydrogens is 434 g/mol. The number of para-hydroxylation sites is 2. The summed E-state index contributed by atoms with van der Waals surface area (Å²) in [6.07, 6.45) is 0. The summed E-state index contributed by atoms with van der Waals surface area (Å²) in [6, 6.07) is 27.0. The lowest BCUT2D eigenvalue weighted by molar-refractivity contribution is -0.116. The Morgan fingerprint density at radius 3 is 2.42 bits per heavy atom. The van der Waals surface area contributed by atoms with Gasteiger partial charge in [-0.05, 0) is 36.8 Å². The number of fused-ring (bicyclic) bond motifs is 1. The average molecular weight is 458 g/mol. The van der Waals surface area contributed by atoms with Crippen molar-refractivity contribution in [1.82, 2.24) is 14.9 Å². The van der Waals surface area contributed by atoms with E-state index in [0.717, 1.165) is 22.6 Å². The van der Waals surface area contributed by atoms with Crippen LogP contribution in [-0.4, -0.2) is 26.0 Å². The Morgan fingerprint density at radius 2 is 1.70 bits per heavy atom. The van der Waals surface area contributed by atoms with Crippen molar-refractivity contribution in [3.8, 4) is 5.75 Å². The molecule has 5 rings (SSSR count). The van der Waals surface area contributed by atoms with E-state index in [2.05, 4.69) is 33.1 Å². The maximum atomic E-state index is 13.3. The average Bonchev–Trinajstić information content (AvgIpc) is 3.25. The van der Waals surface area contributed by atoms with Crippen molar-refractivity contribution in [2.24, 2.45) is 0 Å². The number of ether oxygens (including phenoxy) is 1. The molecule has 0 aliphatic carbocycles. The molecule has 2 heterocycles. The number of benzene rings is 3. The maximum absolute atomic E-state index is 13.3. The lowest BCUT2D eigenvalue weighted by Gasteiger charge is -2.33. The molecule has 0 fully saturated rings. The highest BCUT2D eigenvalue weighted by molar-refractivity contribution is 8.00. The molecule has 0 bridgehead atoms. The molecule has 3 aromatic carbocycles. The van der Waals surface area contributed by atoms with Crippen LogP contribution in [0.1, 0.15) is 23.0 Å². The molecule has 1 amide bonds. The first kappa shape index (κ1) is 21.1. The smallest absolute Gasteiger partial charge is 0.240 e. The molecule has 166 valence electrons. The van der Waals surface area contributed by atoms with E-state index in [-0.39, 0.29) is 18.6 Å². The second-order valence-electron chi connectivity index (χ2n) is 7.75. The number of rotatable bonds is 6. The van der Waals surface area contributed by atoms with Crippen LogP contribution in [0.15, 0.2) is 90.1 Å². The van der Waals surface area contributed by atoms with E-state index in [0.29, 0.717) is 11.0 Å². The molecular formula is C25H23N5O2S. The molecule has 8 heteroatoms. The Balaban J connectivity index is 1.42. The molecule has 0 saturated heterocycles. The predicted molar refractivity (Wildman–Crippen MR) is 129 cm³/mol. The first-order valence-electron chi connectivity index (χ1n) is 10.7. The van der Waals surface area contributed by atoms with Gasteiger partial charge in [0, 0.05) is 5.69 Å². The Labute approximate surface area is 196 Å². The zero-order chi connectivity index (χ0) is 22.6. The van der Waals surface area contributed by atoms with E-state index in [1.807, 2.05) is 84.4 Å². The van der Waals surface area contributed by atoms with Crippen LogP contribution in [0.4, 0.5) is 5.69 Å². The van der Waals surface area contributed by atoms with Gasteiger partial charge in [-0.1, -0.05) is 78.0 Å². The number of thioether (sulfide) groups is 1. The molecule has 0 unspecified atom stereocenters. The highest BCUT2D eigenvalue weighted by Crippen LogP contribution is 2.37. The summed E-state index contributed by atoms with van der Waals surface area (Å²) in [6.45, 7) is 2.30. The van der Waals surface area contributed by atoms with Crippen molar-refractivity contribution in [2.75, 3.05) is 10.7 Å². The first-order chi connectivity index (χ1) is 16.2. The van der Waals surface area contributed by atoms with Gasteiger partial charge in [0.2, 0.25) is 11.1 Å². The summed E-state index contributed by atoms with van der Waals surface area (Å²) in [5.41, 5.74) is 6.39. The van der Waals surface area contributed by atoms with Crippen molar-refractivity contribution in [1.29, 1.82) is 0 Å². The summed E-state index contributed by atoms with van der Waals surface area (Å²) in [4.78, 5) is 13.3. The third kappa shape index (κ3) is 4.70. The van der Waals surface area contributed by atoms with Gasteiger partial charge in [0.05, 0.1) is 6.04 Å². The molecule has 1 aromatic heterocycles. The number of carbonyl (C=O) groups is 1. The molecule has 0 radical (unpaired) electrons. The normalized spacial score (nSPS) is 17.0. The van der Waals surface area contributed by atoms with E-state index in [1.165, 1.54) is 11.8 Å². The van der Waals surface area contributed by atoms with E-state index in [1.54, 1.807) is 0 Å². The maximum Gasteiger partial charge on any atom is 0.240 e. The first-order valence-corrected chi connectivity index (χ1v) is 11.5. The molecule has 4 aromatic rings. The fourth-order valence-corrected chi connectivity index (χ4v) is 4.71. The molecule has 2 N–H and O–H groups in total. The van der Waals surface area contributed by atoms with Gasteiger partial charge in [-0.25, -0.2) is 4.68 Å². The number of nitrogens with zero attached hydrogens (tertiary/aromatic N) is 3. The molecule has 0 spiro atoms. The Morgan fingerprint density at radius 1 is 1.00 bits per heavy atom. The number of carbonyl (C=O) groups excluding carboxylic acids is 1. The topological polar surface area (TPSA) is 81.1 Å². The van der Waals surface area contributed by atoms with Gasteiger partial charge in [-0.3, -0.25) is 4.79 Å². The lowest BCUT2D eigenvalue weighted by Crippen LogP contribution is -2.41. The van der Waals surface area contributed by atoms with Gasteiger partial charge < -0.3 is 15.5 Å². The number of hydrogen-bond donors (Lipinski definition) is 2. The van der Waals surface area contributed by atoms with Crippen molar-refractivity contribution < 1.29 is 9.53 Å². The number of nitrogens with one attached hydrogen (secondary N) is 2. The van der Waals surface area contributed by atoms with Crippen LogP contribution in [0, 0.1) is 6.92 Å². The molecule has 1 aliphatic heterocycles. The predicted octanol–water partition coefficient (Wildman–Crippen LogP) is 4.56. The van der Waals surface area contributed by atoms with Crippen molar-refractivity contribution in [2.45, 2.75) is 30.0 Å². The monoisotopic (exact) mass is 457 g/mol. The minimum Gasteiger partial charge on any atom is -0.486 e. The highest BCUT2D eigenvalue weighted by Gasteiger charge is 2.38. The largest absolute Gasteiger partial charge is 0.486 e. The fourth-order valence-electron chi connectivity index (χ4n) is 3.62. The number of aryl methyl sites for hydroxylation is 1. The second-order valence-corrected chi connectivity index (χ2v) is 8.86. The van der Waals surface area contributed by atoms with E-state index >= 15 is 0 Å². The van der Waals surface area contributed by atoms with Crippen LogP contribution in [0.25, 0.3) is 0 Å². The standard InChI is InChI=1S/C25H23N5O2S/c1-17-12-14-18(15-13-17)22-23(24(31)26-19-8-4-2-5-9-19)33-25-28-27-21(30(25)29-22)16-32-20-10-6-3-7-11-20/h2-15,22-23,29H,16H2,1H3,(H,26,31)/t22-,23-/m1/s1. The zero-order valence-electron chi connectivity index (χ0n) is 18.0. The Kier molecular flexibility index (Phi) is 5.99. The molecule has 0 saturated carbocycles. The van der Waals surface area contributed by atoms with Gasteiger partial charge in [0.25, 0.3) is 0 Å². The van der Waals surface area contributed by atoms with Gasteiger partial charge in [-0.2, -0.15) is 0 Å². The van der Waals surface area contributed by atoms with E-state index < -0.39 is 5.25 Å². The molecule has 1 aliphatic rings. The molecule has 33 heavy (non-hydrogen) atoms. The van der Waals surface area contributed by atoms with E-state index in [4.69, 9.17) is 4.74 Å². The van der Waals surface area contributed by atoms with Crippen LogP contribution in [0.5, 0.6) is 5.75 Å². The minimum atomic E-state index is -0.437. The third-order valence-electron chi connectivity index (χ3n) is 5.35. The third-order valence-corrected chi connectivity index (χ3v) is 6.57. The van der Waals surface area contributed by atoms with Crippen molar-refractivity contribution in [3.63, 3.8) is 0 Å². The highest BCUT2D eigenvalue weighted by atomic mass is 32.2. The van der Waals surface area contributed by atoms with Gasteiger partial charge in [-0.15, -0.1) is 10.2 Å². The number of aromatic nitrogens is 3. The summed E-state index contributed by atoms with van der Waals surface area (Å²) >= 11 is 1.39. The number of anilines is 1. The lowest BCUT2D eigenvalue weighted by atomic mass is 10.0. The second kappa shape index (κ2) is 9.38. The molecule has 2 atom stereocenters. The zero-order valence-corrected chi connectivity index (χ0v) is 18.8. The summed E-state index contributed by atoms with van der Waals surface area (Å²) < 4.78 is 7.70. The van der Waals surface area contributed by atoms with Crippen LogP contribution in [-0.2, 0) is 11.4 Å². The van der Waals surface area contributed by atoms with E-state index in [9.17, 15) is 4.79 Å². The van der Waals surface area contributed by atoms with Gasteiger partial charge in [0.15, 0.2) is 5.82 Å². The van der Waals surface area contributed by atoms with Crippen molar-refractivity contribution in [3.05, 3.63) is 102 Å². The fraction of sp³-hybridized carbons (Fsp3) is 0.160. The number of amides is 1. The van der Waals surface area contributed by atoms with Crippen molar-refractivity contribution >= 4 is 23.4 Å². The summed E-state index contributed by atoms with van der Waals surface area (Å²) in [7, 11) is 0. The number of hydrogen-bond acceptors (Lipinski definition) is 6. The van der Waals surface area contributed by atoms with Crippen LogP contribution < -0.4 is 15.5 Å². The summed E-state index contributed by atoms with van der Waals surface area (Å²) in [5, 5.41) is 11.8. The minimum absolute atomic E-state index is 0.0967. The Bertz CT molecular complexity index is 1230. The Hall–Kier alpha value is -3.78.